The number of anilines is 1. The second kappa shape index (κ2) is 9.74. The van der Waals surface area contributed by atoms with Crippen LogP contribution in [0.3, 0.4) is 0 Å². The first-order valence-electron chi connectivity index (χ1n) is 8.64. The molecule has 28 heavy (non-hydrogen) atoms. The normalized spacial score (nSPS) is 9.68. The highest BCUT2D eigenvalue weighted by Crippen LogP contribution is 2.19. The zero-order chi connectivity index (χ0) is 19.8. The van der Waals surface area contributed by atoms with Gasteiger partial charge in [0.25, 0.3) is 0 Å². The molecule has 0 bridgehead atoms. The lowest BCUT2D eigenvalue weighted by Gasteiger charge is -2.08. The average molecular weight is 436 g/mol. The van der Waals surface area contributed by atoms with Gasteiger partial charge in [0.05, 0.1) is 11.3 Å². The van der Waals surface area contributed by atoms with E-state index in [-0.39, 0.29) is 11.6 Å². The predicted octanol–water partition coefficient (Wildman–Crippen LogP) is 5.57. The fourth-order valence-electron chi connectivity index (χ4n) is 2.46. The number of hydrogen-bond donors (Lipinski definition) is 1. The molecule has 0 fully saturated rings. The molecule has 0 aromatic heterocycles. The maximum atomic E-state index is 13.1. The number of hydrogen-bond acceptors (Lipinski definition) is 1. The van der Waals surface area contributed by atoms with Crippen molar-refractivity contribution in [1.29, 1.82) is 0 Å². The van der Waals surface area contributed by atoms with Gasteiger partial charge in [-0.1, -0.05) is 45.7 Å². The van der Waals surface area contributed by atoms with Crippen molar-refractivity contribution >= 4 is 21.6 Å². The van der Waals surface area contributed by atoms with Gasteiger partial charge in [-0.05, 0) is 60.7 Å². The van der Waals surface area contributed by atoms with Crippen LogP contribution < -0.4 is 5.32 Å². The highest BCUT2D eigenvalue weighted by atomic mass is 79.9. The summed E-state index contributed by atoms with van der Waals surface area (Å²) >= 11 is 3.41. The van der Waals surface area contributed by atoms with E-state index in [9.17, 15) is 8.78 Å². The van der Waals surface area contributed by atoms with Crippen LogP contribution in [0.4, 0.5) is 14.5 Å². The van der Waals surface area contributed by atoms with Crippen LogP contribution in [0.15, 0.2) is 66.7 Å². The van der Waals surface area contributed by atoms with Crippen molar-refractivity contribution in [1.82, 2.24) is 0 Å². The molecule has 0 spiro atoms. The molecular weight excluding hydrogens is 420 g/mol. The molecule has 1 N–H and O–H groups in total. The number of rotatable bonds is 3. The van der Waals surface area contributed by atoms with Gasteiger partial charge in [0.1, 0.15) is 11.6 Å². The molecule has 0 saturated heterocycles. The van der Waals surface area contributed by atoms with Crippen molar-refractivity contribution in [3.63, 3.8) is 0 Å². The largest absolute Gasteiger partial charge is 0.383 e. The summed E-state index contributed by atoms with van der Waals surface area (Å²) in [5, 5.41) is 4.12. The van der Waals surface area contributed by atoms with Crippen LogP contribution in [0.25, 0.3) is 0 Å². The first-order chi connectivity index (χ1) is 13.7. The predicted molar refractivity (Wildman–Crippen MR) is 113 cm³/mol. The fourth-order valence-corrected chi connectivity index (χ4v) is 2.66. The van der Waals surface area contributed by atoms with Crippen LogP contribution in [0.5, 0.6) is 0 Å². The van der Waals surface area contributed by atoms with Gasteiger partial charge in [0.2, 0.25) is 0 Å². The second-order valence-electron chi connectivity index (χ2n) is 5.86. The summed E-state index contributed by atoms with van der Waals surface area (Å²) in [4.78, 5) is 0. The molecule has 3 rings (SSSR count). The maximum absolute atomic E-state index is 13.1. The zero-order valence-corrected chi connectivity index (χ0v) is 16.5. The van der Waals surface area contributed by atoms with Crippen molar-refractivity contribution in [2.24, 2.45) is 0 Å². The minimum Gasteiger partial charge on any atom is -0.383 e. The Morgan fingerprint density at radius 2 is 1.29 bits per heavy atom. The van der Waals surface area contributed by atoms with Gasteiger partial charge in [-0.15, -0.1) is 0 Å². The van der Waals surface area contributed by atoms with Gasteiger partial charge >= 0.3 is 0 Å². The molecule has 0 aliphatic carbocycles. The molecule has 0 aliphatic heterocycles. The summed E-state index contributed by atoms with van der Waals surface area (Å²) < 4.78 is 26.2. The summed E-state index contributed by atoms with van der Waals surface area (Å²) in [5.74, 6) is 11.8. The van der Waals surface area contributed by atoms with Gasteiger partial charge < -0.3 is 5.32 Å². The van der Waals surface area contributed by atoms with Crippen molar-refractivity contribution in [3.05, 3.63) is 101 Å². The Morgan fingerprint density at radius 3 is 1.86 bits per heavy atom. The molecule has 4 heteroatoms. The first-order valence-corrected chi connectivity index (χ1v) is 9.76. The molecule has 0 amide bonds. The molecule has 1 nitrogen and oxygen atoms in total. The van der Waals surface area contributed by atoms with Crippen LogP contribution in [-0.4, -0.2) is 11.9 Å². The lowest BCUT2D eigenvalue weighted by atomic mass is 10.0. The van der Waals surface area contributed by atoms with E-state index in [2.05, 4.69) is 44.9 Å². The van der Waals surface area contributed by atoms with E-state index >= 15 is 0 Å². The summed E-state index contributed by atoms with van der Waals surface area (Å²) in [5.41, 5.74) is 3.84. The molecule has 0 heterocycles. The molecule has 0 radical (unpaired) electrons. The van der Waals surface area contributed by atoms with Crippen LogP contribution in [0.2, 0.25) is 0 Å². The van der Waals surface area contributed by atoms with Crippen LogP contribution in [0, 0.1) is 35.3 Å². The third kappa shape index (κ3) is 5.46. The van der Waals surface area contributed by atoms with E-state index < -0.39 is 0 Å². The topological polar surface area (TPSA) is 12.0 Å². The van der Waals surface area contributed by atoms with E-state index in [1.165, 1.54) is 24.3 Å². The van der Waals surface area contributed by atoms with E-state index in [4.69, 9.17) is 0 Å². The first kappa shape index (κ1) is 19.7. The maximum Gasteiger partial charge on any atom is 0.123 e. The molecule has 0 unspecified atom stereocenters. The Bertz CT molecular complexity index is 1070. The second-order valence-corrected chi connectivity index (χ2v) is 6.65. The van der Waals surface area contributed by atoms with E-state index in [0.717, 1.165) is 34.3 Å². The van der Waals surface area contributed by atoms with Crippen molar-refractivity contribution in [2.75, 3.05) is 17.2 Å². The molecule has 3 aromatic carbocycles. The molecule has 3 aromatic rings. The lowest BCUT2D eigenvalue weighted by Crippen LogP contribution is -2.04. The Balaban J connectivity index is 2.00. The van der Waals surface area contributed by atoms with E-state index in [1.807, 2.05) is 18.2 Å². The number of benzene rings is 3. The highest BCUT2D eigenvalue weighted by molar-refractivity contribution is 9.09. The number of nitrogens with one attached hydrogen (secondary N) is 1. The van der Waals surface area contributed by atoms with Gasteiger partial charge in [-0.3, -0.25) is 0 Å². The van der Waals surface area contributed by atoms with E-state index in [1.54, 1.807) is 24.3 Å². The van der Waals surface area contributed by atoms with Gasteiger partial charge in [0, 0.05) is 28.6 Å². The van der Waals surface area contributed by atoms with Gasteiger partial charge in [-0.25, -0.2) is 8.78 Å². The summed E-state index contributed by atoms with van der Waals surface area (Å²) in [6, 6.07) is 17.8. The molecule has 0 aliphatic rings. The molecular formula is C24H16BrF2N. The zero-order valence-electron chi connectivity index (χ0n) is 14.9. The minimum atomic E-state index is -0.296. The van der Waals surface area contributed by atoms with Crippen molar-refractivity contribution in [3.8, 4) is 23.7 Å². The standard InChI is InChI=1S/C24H16BrF2N/c25-16-17-28-24-3-1-2-20(10-4-18-5-11-21(26)12-6-18)23(24)15-9-19-7-13-22(27)14-8-19/h1-3,5-8,11-14,28H,16-17H2. The number of alkyl halides is 1. The quantitative estimate of drug-likeness (QED) is 0.418. The van der Waals surface area contributed by atoms with Crippen LogP contribution in [-0.2, 0) is 0 Å². The van der Waals surface area contributed by atoms with Crippen molar-refractivity contribution < 1.29 is 8.78 Å². The Labute approximate surface area is 171 Å². The highest BCUT2D eigenvalue weighted by Gasteiger charge is 2.04. The summed E-state index contributed by atoms with van der Waals surface area (Å²) in [7, 11) is 0. The monoisotopic (exact) mass is 435 g/mol. The SMILES string of the molecule is Fc1ccc(C#Cc2cccc(NCCBr)c2C#Cc2ccc(F)cc2)cc1. The van der Waals surface area contributed by atoms with Gasteiger partial charge in [0.15, 0.2) is 0 Å². The molecule has 0 atom stereocenters. The lowest BCUT2D eigenvalue weighted by molar-refractivity contribution is 0.627. The average Bonchev–Trinajstić information content (AvgIpc) is 2.72. The Hall–Kier alpha value is -3.08. The Morgan fingerprint density at radius 1 is 0.714 bits per heavy atom. The molecule has 138 valence electrons. The summed E-state index contributed by atoms with van der Waals surface area (Å²) in [6.45, 7) is 0.736. The minimum absolute atomic E-state index is 0.294. The number of halogens is 3. The van der Waals surface area contributed by atoms with E-state index in [0.29, 0.717) is 5.56 Å². The third-order valence-corrected chi connectivity index (χ3v) is 4.23. The van der Waals surface area contributed by atoms with Gasteiger partial charge in [-0.2, -0.15) is 0 Å². The van der Waals surface area contributed by atoms with Crippen molar-refractivity contribution in [2.45, 2.75) is 0 Å². The van der Waals surface area contributed by atoms with Crippen LogP contribution >= 0.6 is 15.9 Å². The smallest absolute Gasteiger partial charge is 0.123 e. The Kier molecular flexibility index (Phi) is 6.84. The fraction of sp³-hybridized carbons (Fsp3) is 0.0833. The third-order valence-electron chi connectivity index (χ3n) is 3.84. The molecule has 0 saturated carbocycles. The van der Waals surface area contributed by atoms with Crippen LogP contribution in [0.1, 0.15) is 22.3 Å². The summed E-state index contributed by atoms with van der Waals surface area (Å²) in [6.07, 6.45) is 0.